The molecule has 0 aliphatic carbocycles. The number of benzene rings is 3. The van der Waals surface area contributed by atoms with Gasteiger partial charge in [-0.05, 0) is 54.3 Å². The summed E-state index contributed by atoms with van der Waals surface area (Å²) < 4.78 is 58.0. The number of methoxy groups -OCH3 is 2. The Morgan fingerprint density at radius 3 is 2.32 bits per heavy atom. The second-order valence-corrected chi connectivity index (χ2v) is 14.4. The van der Waals surface area contributed by atoms with Crippen LogP contribution >= 0.6 is 0 Å². The summed E-state index contributed by atoms with van der Waals surface area (Å²) in [5.41, 5.74) is 4.65. The number of aryl methyl sites for hydroxylation is 1. The van der Waals surface area contributed by atoms with E-state index in [0.717, 1.165) is 53.2 Å². The van der Waals surface area contributed by atoms with Gasteiger partial charge in [-0.2, -0.15) is 9.19 Å². The van der Waals surface area contributed by atoms with Crippen LogP contribution in [-0.4, -0.2) is 97.7 Å². The van der Waals surface area contributed by atoms with Crippen LogP contribution in [0.25, 0.3) is 0 Å². The highest BCUT2D eigenvalue weighted by atomic mass is 32.2. The number of sulfonamides is 1. The molecule has 1 fully saturated rings. The molecule has 0 radical (unpaired) electrons. The molecule has 13 heteroatoms. The summed E-state index contributed by atoms with van der Waals surface area (Å²) in [5.74, 6) is -0.312. The molecule has 3 aromatic rings. The van der Waals surface area contributed by atoms with Crippen molar-refractivity contribution in [2.75, 3.05) is 71.7 Å². The molecule has 0 spiro atoms. The number of fused-ring (bicyclic) bond motifs is 1. The first-order valence-electron chi connectivity index (χ1n) is 16.9. The lowest BCUT2D eigenvalue weighted by Crippen LogP contribution is -2.54. The molecule has 12 nitrogen and oxygen atoms in total. The van der Waals surface area contributed by atoms with Crippen molar-refractivity contribution in [3.63, 3.8) is 0 Å². The van der Waals surface area contributed by atoms with Gasteiger partial charge in [0.15, 0.2) is 0 Å². The highest BCUT2D eigenvalue weighted by molar-refractivity contribution is 7.89. The Morgan fingerprint density at radius 2 is 1.60 bits per heavy atom. The van der Waals surface area contributed by atoms with Crippen LogP contribution in [0.4, 0.5) is 5.69 Å². The average Bonchev–Trinajstić information content (AvgIpc) is 3.12. The molecule has 2 aliphatic rings. The van der Waals surface area contributed by atoms with Crippen molar-refractivity contribution in [1.29, 1.82) is 0 Å². The molecule has 0 aromatic heterocycles. The molecule has 50 heavy (non-hydrogen) atoms. The minimum Gasteiger partial charge on any atom is -0.490 e. The highest BCUT2D eigenvalue weighted by Crippen LogP contribution is 2.37. The van der Waals surface area contributed by atoms with Crippen LogP contribution < -0.4 is 9.64 Å². The van der Waals surface area contributed by atoms with Crippen LogP contribution in [0.3, 0.4) is 0 Å². The van der Waals surface area contributed by atoms with E-state index < -0.39 is 34.1 Å². The maximum Gasteiger partial charge on any atom is 0.339 e. The van der Waals surface area contributed by atoms with Gasteiger partial charge in [-0.25, -0.2) is 13.2 Å². The first-order chi connectivity index (χ1) is 24.2. The summed E-state index contributed by atoms with van der Waals surface area (Å²) in [7, 11) is -0.627. The normalized spacial score (nSPS) is 19.5. The first kappa shape index (κ1) is 37.7. The lowest BCUT2D eigenvalue weighted by molar-refractivity contribution is -0.309. The molecule has 5 rings (SSSR count). The number of carbonyl (C=O) groups excluding carboxylic acids is 1. The smallest absolute Gasteiger partial charge is 0.339 e. The minimum absolute atomic E-state index is 0.0531. The predicted octanol–water partition coefficient (Wildman–Crippen LogP) is 4.63. The average molecular weight is 713 g/mol. The highest BCUT2D eigenvalue weighted by Gasteiger charge is 2.45. The quantitative estimate of drug-likeness (QED) is 0.111. The van der Waals surface area contributed by atoms with Crippen LogP contribution in [0.1, 0.15) is 41.5 Å². The van der Waals surface area contributed by atoms with Crippen LogP contribution in [0.15, 0.2) is 71.6 Å². The Kier molecular flexibility index (Phi) is 13.6. The van der Waals surface area contributed by atoms with E-state index in [4.69, 9.17) is 33.5 Å². The molecule has 3 aromatic carbocycles. The van der Waals surface area contributed by atoms with Crippen LogP contribution in [0.5, 0.6) is 5.75 Å². The molecule has 2 aliphatic heterocycles. The molecule has 0 bridgehead atoms. The molecule has 2 heterocycles. The molecular weight excluding hydrogens is 664 g/mol. The minimum atomic E-state index is -3.95. The monoisotopic (exact) mass is 712 g/mol. The van der Waals surface area contributed by atoms with Crippen molar-refractivity contribution in [3.8, 4) is 5.75 Å². The summed E-state index contributed by atoms with van der Waals surface area (Å²) in [4.78, 5) is 25.1. The summed E-state index contributed by atoms with van der Waals surface area (Å²) in [6, 6.07) is 20.5. The van der Waals surface area contributed by atoms with Crippen molar-refractivity contribution in [2.45, 2.75) is 56.5 Å². The van der Waals surface area contributed by atoms with E-state index in [9.17, 15) is 13.2 Å². The lowest BCUT2D eigenvalue weighted by atomic mass is 9.85. The molecule has 0 saturated carbocycles. The maximum absolute atomic E-state index is 14.0. The molecule has 3 atom stereocenters. The Hall–Kier alpha value is -3.56. The van der Waals surface area contributed by atoms with Gasteiger partial charge in [0.1, 0.15) is 18.5 Å². The Bertz CT molecular complexity index is 1630. The third kappa shape index (κ3) is 9.81. The van der Waals surface area contributed by atoms with E-state index in [1.807, 2.05) is 43.3 Å². The Morgan fingerprint density at radius 1 is 0.880 bits per heavy atom. The van der Waals surface area contributed by atoms with Gasteiger partial charge < -0.3 is 28.6 Å². The maximum atomic E-state index is 14.0. The predicted molar refractivity (Wildman–Crippen MR) is 187 cm³/mol. The summed E-state index contributed by atoms with van der Waals surface area (Å²) in [6.07, 6.45) is -0.652. The third-order valence-corrected chi connectivity index (χ3v) is 10.7. The van der Waals surface area contributed by atoms with E-state index in [1.165, 1.54) is 11.2 Å². The van der Waals surface area contributed by atoms with Crippen molar-refractivity contribution in [3.05, 3.63) is 89.0 Å². The Balaban J connectivity index is 1.44. The number of hydrogen-bond acceptors (Lipinski definition) is 11. The Labute approximate surface area is 295 Å². The van der Waals surface area contributed by atoms with Crippen molar-refractivity contribution in [2.24, 2.45) is 0 Å². The van der Waals surface area contributed by atoms with E-state index in [-0.39, 0.29) is 24.6 Å². The van der Waals surface area contributed by atoms with Crippen LogP contribution in [0.2, 0.25) is 0 Å². The molecular formula is C37H48N2O10S. The van der Waals surface area contributed by atoms with Gasteiger partial charge in [0.2, 0.25) is 10.0 Å². The second-order valence-electron chi connectivity index (χ2n) is 12.5. The van der Waals surface area contributed by atoms with Crippen molar-refractivity contribution in [1.82, 2.24) is 4.31 Å². The fraction of sp³-hybridized carbons (Fsp3) is 0.486. The fourth-order valence-electron chi connectivity index (χ4n) is 6.22. The lowest BCUT2D eigenvalue weighted by Gasteiger charge is -2.42. The van der Waals surface area contributed by atoms with Gasteiger partial charge in [0.05, 0.1) is 49.7 Å². The number of anilines is 1. The van der Waals surface area contributed by atoms with Crippen LogP contribution in [-0.2, 0) is 56.8 Å². The second kappa shape index (κ2) is 18.1. The van der Waals surface area contributed by atoms with Gasteiger partial charge >= 0.3 is 5.97 Å². The van der Waals surface area contributed by atoms with E-state index in [2.05, 4.69) is 11.0 Å². The number of nitrogens with zero attached hydrogens (tertiary/aromatic N) is 2. The molecule has 272 valence electrons. The fourth-order valence-corrected chi connectivity index (χ4v) is 7.68. The number of carbonyl (C=O) groups is 1. The van der Waals surface area contributed by atoms with Crippen molar-refractivity contribution >= 4 is 21.7 Å². The number of ether oxygens (including phenoxy) is 5. The van der Waals surface area contributed by atoms with E-state index >= 15 is 0 Å². The molecule has 0 amide bonds. The topological polar surface area (TPSA) is 122 Å². The standard InChI is InChI=1S/C37H48N2O10S/c1-27-6-13-32(14-7-27)50(41,42)39-23-35(47-26-30-10-15-34-33(22-30)38(17-19-46-34)16-5-18-43-3)37(36(24-39)49-48-28(2)40)31-11-8-29(9-12-31)25-45-21-20-44-4/h6-15,22,35-37H,5,16-21,23-26H2,1-4H3/t35-,36+,37+/m0/s1. The van der Waals surface area contributed by atoms with Gasteiger partial charge in [-0.1, -0.05) is 48.0 Å². The first-order valence-corrected chi connectivity index (χ1v) is 18.3. The van der Waals surface area contributed by atoms with Gasteiger partial charge in [-0.3, -0.25) is 4.89 Å². The SMILES string of the molecule is COCCCN1CCOc2ccc(CO[C@H]3CN(S(=O)(=O)c4ccc(C)cc4)C[C@@H](OOC(C)=O)[C@@H]3c3ccc(COCCOC)cc3)cc21. The van der Waals surface area contributed by atoms with Gasteiger partial charge in [-0.15, -0.1) is 0 Å². The van der Waals surface area contributed by atoms with Gasteiger partial charge in [0.25, 0.3) is 0 Å². The number of rotatable bonds is 17. The number of hydrogen-bond donors (Lipinski definition) is 0. The van der Waals surface area contributed by atoms with E-state index in [0.29, 0.717) is 33.0 Å². The molecule has 0 N–H and O–H groups in total. The third-order valence-electron chi connectivity index (χ3n) is 8.80. The van der Waals surface area contributed by atoms with Crippen LogP contribution in [0, 0.1) is 6.92 Å². The van der Waals surface area contributed by atoms with E-state index in [1.54, 1.807) is 38.5 Å². The largest absolute Gasteiger partial charge is 0.490 e. The summed E-state index contributed by atoms with van der Waals surface area (Å²) >= 11 is 0. The zero-order chi connectivity index (χ0) is 35.5. The zero-order valence-electron chi connectivity index (χ0n) is 29.2. The molecule has 1 saturated heterocycles. The molecule has 0 unspecified atom stereocenters. The number of piperidine rings is 1. The summed E-state index contributed by atoms with van der Waals surface area (Å²) in [6.45, 7) is 7.58. The summed E-state index contributed by atoms with van der Waals surface area (Å²) in [5, 5.41) is 0. The zero-order valence-corrected chi connectivity index (χ0v) is 30.1. The van der Waals surface area contributed by atoms with Gasteiger partial charge in [0, 0.05) is 53.3 Å². The van der Waals surface area contributed by atoms with Crippen molar-refractivity contribution < 1.29 is 46.7 Å².